The zero-order chi connectivity index (χ0) is 15.4. The molecule has 2 N–H and O–H groups in total. The van der Waals surface area contributed by atoms with Crippen LogP contribution in [0.3, 0.4) is 0 Å². The van der Waals surface area contributed by atoms with E-state index in [1.165, 1.54) is 16.3 Å². The second-order valence-corrected chi connectivity index (χ2v) is 5.91. The minimum Gasteiger partial charge on any atom is -0.465 e. The van der Waals surface area contributed by atoms with Crippen LogP contribution < -0.4 is 5.32 Å². The van der Waals surface area contributed by atoms with Crippen LogP contribution in [-0.2, 0) is 5.75 Å². The smallest absolute Gasteiger partial charge is 0.409 e. The van der Waals surface area contributed by atoms with Crippen molar-refractivity contribution in [3.63, 3.8) is 0 Å². The number of amides is 1. The molecule has 0 atom stereocenters. The van der Waals surface area contributed by atoms with Crippen molar-refractivity contribution in [3.8, 4) is 0 Å². The lowest BCUT2D eigenvalue weighted by atomic mass is 10.1. The molecule has 3 nitrogen and oxygen atoms in total. The highest BCUT2D eigenvalue weighted by Crippen LogP contribution is 2.30. The van der Waals surface area contributed by atoms with Gasteiger partial charge in [-0.3, -0.25) is 5.32 Å². The maximum atomic E-state index is 10.8. The van der Waals surface area contributed by atoms with Gasteiger partial charge in [0, 0.05) is 10.6 Å². The Kier molecular flexibility index (Phi) is 4.30. The SMILES string of the molecule is O=C(O)Nc1ccccc1SCc1ccc2ccccc2c1. The monoisotopic (exact) mass is 309 g/mol. The number of fused-ring (bicyclic) bond motifs is 1. The molecule has 0 saturated heterocycles. The normalized spacial score (nSPS) is 10.5. The Morgan fingerprint density at radius 3 is 2.50 bits per heavy atom. The third kappa shape index (κ3) is 3.40. The quantitative estimate of drug-likeness (QED) is 0.649. The first kappa shape index (κ1) is 14.5. The van der Waals surface area contributed by atoms with E-state index in [4.69, 9.17) is 5.11 Å². The fourth-order valence-electron chi connectivity index (χ4n) is 2.30. The van der Waals surface area contributed by atoms with Gasteiger partial charge in [0.25, 0.3) is 0 Å². The molecule has 3 aromatic carbocycles. The van der Waals surface area contributed by atoms with E-state index in [1.807, 2.05) is 30.3 Å². The van der Waals surface area contributed by atoms with Crippen molar-refractivity contribution in [2.24, 2.45) is 0 Å². The molecule has 0 radical (unpaired) electrons. The lowest BCUT2D eigenvalue weighted by Gasteiger charge is -2.09. The van der Waals surface area contributed by atoms with Crippen molar-refractivity contribution in [1.82, 2.24) is 0 Å². The summed E-state index contributed by atoms with van der Waals surface area (Å²) >= 11 is 1.62. The van der Waals surface area contributed by atoms with E-state index in [1.54, 1.807) is 17.8 Å². The van der Waals surface area contributed by atoms with Crippen LogP contribution in [0.4, 0.5) is 10.5 Å². The van der Waals surface area contributed by atoms with Crippen molar-refractivity contribution >= 4 is 34.3 Å². The van der Waals surface area contributed by atoms with Gasteiger partial charge in [-0.05, 0) is 28.5 Å². The van der Waals surface area contributed by atoms with E-state index >= 15 is 0 Å². The number of anilines is 1. The number of thioether (sulfide) groups is 1. The van der Waals surface area contributed by atoms with Gasteiger partial charge in [0.1, 0.15) is 0 Å². The Bertz CT molecular complexity index is 817. The third-order valence-corrected chi connectivity index (χ3v) is 4.48. The molecule has 110 valence electrons. The van der Waals surface area contributed by atoms with Crippen LogP contribution in [0, 0.1) is 0 Å². The molecule has 1 amide bonds. The Labute approximate surface area is 133 Å². The van der Waals surface area contributed by atoms with Gasteiger partial charge in [-0.25, -0.2) is 4.79 Å². The van der Waals surface area contributed by atoms with Crippen LogP contribution in [0.15, 0.2) is 71.6 Å². The standard InChI is InChI=1S/C18H15NO2S/c20-18(21)19-16-7-3-4-8-17(16)22-12-13-9-10-14-5-1-2-6-15(14)11-13/h1-11,19H,12H2,(H,20,21). The number of carboxylic acid groups (broad SMARTS) is 1. The summed E-state index contributed by atoms with van der Waals surface area (Å²) in [6.45, 7) is 0. The Morgan fingerprint density at radius 1 is 0.955 bits per heavy atom. The largest absolute Gasteiger partial charge is 0.465 e. The van der Waals surface area contributed by atoms with Crippen molar-refractivity contribution in [2.75, 3.05) is 5.32 Å². The Balaban J connectivity index is 1.77. The van der Waals surface area contributed by atoms with Gasteiger partial charge in [0.2, 0.25) is 0 Å². The topological polar surface area (TPSA) is 49.3 Å². The molecule has 0 aliphatic heterocycles. The van der Waals surface area contributed by atoms with Crippen molar-refractivity contribution in [3.05, 3.63) is 72.3 Å². The van der Waals surface area contributed by atoms with Gasteiger partial charge in [-0.15, -0.1) is 11.8 Å². The number of rotatable bonds is 4. The minimum absolute atomic E-state index is 0.626. The fraction of sp³-hybridized carbons (Fsp3) is 0.0556. The zero-order valence-corrected chi connectivity index (χ0v) is 12.6. The molecule has 0 heterocycles. The van der Waals surface area contributed by atoms with Crippen molar-refractivity contribution in [2.45, 2.75) is 10.6 Å². The summed E-state index contributed by atoms with van der Waals surface area (Å²) in [4.78, 5) is 11.8. The van der Waals surface area contributed by atoms with E-state index in [9.17, 15) is 4.79 Å². The Morgan fingerprint density at radius 2 is 1.68 bits per heavy atom. The maximum Gasteiger partial charge on any atom is 0.409 e. The summed E-state index contributed by atoms with van der Waals surface area (Å²) in [6.07, 6.45) is -1.04. The lowest BCUT2D eigenvalue weighted by Crippen LogP contribution is -2.07. The summed E-state index contributed by atoms with van der Waals surface area (Å²) in [5.41, 5.74) is 1.84. The first-order chi connectivity index (χ1) is 10.7. The predicted molar refractivity (Wildman–Crippen MR) is 91.6 cm³/mol. The molecule has 0 unspecified atom stereocenters. The maximum absolute atomic E-state index is 10.8. The van der Waals surface area contributed by atoms with E-state index in [0.717, 1.165) is 10.6 Å². The van der Waals surface area contributed by atoms with Gasteiger partial charge in [-0.1, -0.05) is 54.6 Å². The molecule has 0 bridgehead atoms. The summed E-state index contributed by atoms with van der Waals surface area (Å²) < 4.78 is 0. The van der Waals surface area contributed by atoms with E-state index in [0.29, 0.717) is 5.69 Å². The molecule has 3 aromatic rings. The van der Waals surface area contributed by atoms with Gasteiger partial charge in [0.15, 0.2) is 0 Å². The highest BCUT2D eigenvalue weighted by molar-refractivity contribution is 7.98. The highest BCUT2D eigenvalue weighted by atomic mass is 32.2. The summed E-state index contributed by atoms with van der Waals surface area (Å²) in [5, 5.41) is 13.8. The number of nitrogens with one attached hydrogen (secondary N) is 1. The molecular formula is C18H15NO2S. The second-order valence-electron chi connectivity index (χ2n) is 4.90. The average molecular weight is 309 g/mol. The number of carbonyl (C=O) groups is 1. The molecule has 3 rings (SSSR count). The molecule has 0 aliphatic rings. The van der Waals surface area contributed by atoms with Gasteiger partial charge in [-0.2, -0.15) is 0 Å². The van der Waals surface area contributed by atoms with Gasteiger partial charge in [0.05, 0.1) is 5.69 Å². The summed E-state index contributed by atoms with van der Waals surface area (Å²) in [6, 6.07) is 22.1. The van der Waals surface area contributed by atoms with Crippen molar-refractivity contribution < 1.29 is 9.90 Å². The first-order valence-corrected chi connectivity index (χ1v) is 7.90. The number of benzene rings is 3. The lowest BCUT2D eigenvalue weighted by molar-refractivity contribution is 0.209. The van der Waals surface area contributed by atoms with E-state index in [-0.39, 0.29) is 0 Å². The number of hydrogen-bond donors (Lipinski definition) is 2. The molecule has 0 spiro atoms. The molecule has 0 fully saturated rings. The highest BCUT2D eigenvalue weighted by Gasteiger charge is 2.06. The summed E-state index contributed by atoms with van der Waals surface area (Å²) in [5.74, 6) is 0.795. The summed E-state index contributed by atoms with van der Waals surface area (Å²) in [7, 11) is 0. The van der Waals surface area contributed by atoms with Crippen LogP contribution >= 0.6 is 11.8 Å². The van der Waals surface area contributed by atoms with Crippen LogP contribution in [0.25, 0.3) is 10.8 Å². The molecule has 22 heavy (non-hydrogen) atoms. The average Bonchev–Trinajstić information content (AvgIpc) is 2.53. The zero-order valence-electron chi connectivity index (χ0n) is 11.8. The molecule has 0 saturated carbocycles. The minimum atomic E-state index is -1.04. The Hall–Kier alpha value is -2.46. The van der Waals surface area contributed by atoms with E-state index < -0.39 is 6.09 Å². The van der Waals surface area contributed by atoms with Gasteiger partial charge < -0.3 is 5.11 Å². The predicted octanol–water partition coefficient (Wildman–Crippen LogP) is 5.22. The van der Waals surface area contributed by atoms with Crippen LogP contribution in [-0.4, -0.2) is 11.2 Å². The molecule has 0 aliphatic carbocycles. The van der Waals surface area contributed by atoms with E-state index in [2.05, 4.69) is 35.6 Å². The number of hydrogen-bond acceptors (Lipinski definition) is 2. The first-order valence-electron chi connectivity index (χ1n) is 6.92. The molecular weight excluding hydrogens is 294 g/mol. The molecule has 0 aromatic heterocycles. The number of para-hydroxylation sites is 1. The van der Waals surface area contributed by atoms with Crippen LogP contribution in [0.2, 0.25) is 0 Å². The third-order valence-electron chi connectivity index (χ3n) is 3.34. The van der Waals surface area contributed by atoms with Gasteiger partial charge >= 0.3 is 6.09 Å². The molecule has 4 heteroatoms. The fourth-order valence-corrected chi connectivity index (χ4v) is 3.25. The second kappa shape index (κ2) is 6.54. The van der Waals surface area contributed by atoms with Crippen molar-refractivity contribution in [1.29, 1.82) is 0 Å². The van der Waals surface area contributed by atoms with Crippen LogP contribution in [0.5, 0.6) is 0 Å². The van der Waals surface area contributed by atoms with Crippen LogP contribution in [0.1, 0.15) is 5.56 Å².